The van der Waals surface area contributed by atoms with Gasteiger partial charge >= 0.3 is 0 Å². The van der Waals surface area contributed by atoms with Crippen LogP contribution in [0.4, 0.5) is 5.69 Å². The van der Waals surface area contributed by atoms with Crippen LogP contribution in [0.5, 0.6) is 0 Å². The highest BCUT2D eigenvalue weighted by molar-refractivity contribution is 5.57. The van der Waals surface area contributed by atoms with Crippen molar-refractivity contribution in [1.82, 2.24) is 0 Å². The van der Waals surface area contributed by atoms with Gasteiger partial charge in [-0.05, 0) is 12.1 Å². The molecule has 64 valence electrons. The summed E-state index contributed by atoms with van der Waals surface area (Å²) in [6.07, 6.45) is 0.444. The minimum Gasteiger partial charge on any atom is -0.383 e. The van der Waals surface area contributed by atoms with Crippen molar-refractivity contribution in [1.29, 1.82) is 10.5 Å². The summed E-state index contributed by atoms with van der Waals surface area (Å²) in [5, 5.41) is 20.1. The van der Waals surface area contributed by atoms with Crippen LogP contribution < -0.4 is 5.32 Å². The molecule has 0 aliphatic carbocycles. The molecule has 0 heterocycles. The van der Waals surface area contributed by atoms with Crippen molar-refractivity contribution in [2.45, 2.75) is 6.42 Å². The third-order valence-corrected chi connectivity index (χ3v) is 1.60. The monoisotopic (exact) mass is 171 g/mol. The Labute approximate surface area is 77.2 Å². The van der Waals surface area contributed by atoms with Gasteiger partial charge in [0.15, 0.2) is 0 Å². The molecule has 0 aliphatic rings. The van der Waals surface area contributed by atoms with E-state index in [0.29, 0.717) is 18.5 Å². The first-order chi connectivity index (χ1) is 6.38. The molecule has 0 radical (unpaired) electrons. The number of hydrogen-bond donors (Lipinski definition) is 1. The predicted octanol–water partition coefficient (Wildman–Crippen LogP) is 1.88. The molecular weight excluding hydrogens is 162 g/mol. The number of nitrogens with zero attached hydrogens (tertiary/aromatic N) is 2. The molecule has 1 aromatic carbocycles. The molecular formula is C10H9N3. The summed E-state index contributed by atoms with van der Waals surface area (Å²) in [5.74, 6) is 0. The molecule has 0 aromatic heterocycles. The first kappa shape index (κ1) is 9.09. The number of para-hydroxylation sites is 1. The summed E-state index contributed by atoms with van der Waals surface area (Å²) < 4.78 is 0. The molecule has 1 N–H and O–H groups in total. The van der Waals surface area contributed by atoms with Crippen molar-refractivity contribution >= 4 is 5.69 Å². The van der Waals surface area contributed by atoms with Crippen molar-refractivity contribution in [3.05, 3.63) is 29.8 Å². The number of rotatable bonds is 3. The summed E-state index contributed by atoms with van der Waals surface area (Å²) in [5.41, 5.74) is 1.40. The van der Waals surface area contributed by atoms with E-state index in [1.807, 2.05) is 24.3 Å². The lowest BCUT2D eigenvalue weighted by atomic mass is 10.2. The first-order valence-corrected chi connectivity index (χ1v) is 3.98. The molecule has 1 rings (SSSR count). The summed E-state index contributed by atoms with van der Waals surface area (Å²) in [6.45, 7) is 0.579. The average molecular weight is 171 g/mol. The zero-order valence-electron chi connectivity index (χ0n) is 7.12. The van der Waals surface area contributed by atoms with Gasteiger partial charge in [0.25, 0.3) is 0 Å². The molecule has 0 fully saturated rings. The van der Waals surface area contributed by atoms with Crippen molar-refractivity contribution < 1.29 is 0 Å². The number of hydrogen-bond acceptors (Lipinski definition) is 3. The Morgan fingerprint density at radius 1 is 1.23 bits per heavy atom. The van der Waals surface area contributed by atoms with E-state index in [4.69, 9.17) is 10.5 Å². The highest BCUT2D eigenvalue weighted by Crippen LogP contribution is 2.12. The molecule has 1 aromatic rings. The van der Waals surface area contributed by atoms with Crippen LogP contribution in [0, 0.1) is 22.7 Å². The molecule has 0 bridgehead atoms. The molecule has 0 spiro atoms. The highest BCUT2D eigenvalue weighted by atomic mass is 14.9. The summed E-state index contributed by atoms with van der Waals surface area (Å²) in [4.78, 5) is 0. The Morgan fingerprint density at radius 2 is 2.00 bits per heavy atom. The molecule has 13 heavy (non-hydrogen) atoms. The van der Waals surface area contributed by atoms with Crippen LogP contribution in [-0.2, 0) is 0 Å². The van der Waals surface area contributed by atoms with Gasteiger partial charge in [0, 0.05) is 6.54 Å². The van der Waals surface area contributed by atoms with Crippen LogP contribution in [-0.4, -0.2) is 6.54 Å². The van der Waals surface area contributed by atoms with Gasteiger partial charge in [0.1, 0.15) is 6.07 Å². The first-order valence-electron chi connectivity index (χ1n) is 3.98. The lowest BCUT2D eigenvalue weighted by Gasteiger charge is -2.04. The van der Waals surface area contributed by atoms with E-state index >= 15 is 0 Å². The minimum atomic E-state index is 0.444. The Balaban J connectivity index is 2.67. The number of nitriles is 2. The quantitative estimate of drug-likeness (QED) is 0.706. The fourth-order valence-electron chi connectivity index (χ4n) is 0.988. The van der Waals surface area contributed by atoms with Crippen molar-refractivity contribution in [2.24, 2.45) is 0 Å². The van der Waals surface area contributed by atoms with Gasteiger partial charge in [0.05, 0.1) is 23.7 Å². The average Bonchev–Trinajstić information content (AvgIpc) is 2.19. The molecule has 0 unspecified atom stereocenters. The van der Waals surface area contributed by atoms with Crippen LogP contribution in [0.3, 0.4) is 0 Å². The van der Waals surface area contributed by atoms with E-state index in [1.165, 1.54) is 0 Å². The maximum atomic E-state index is 8.72. The van der Waals surface area contributed by atoms with E-state index in [2.05, 4.69) is 11.4 Å². The fourth-order valence-corrected chi connectivity index (χ4v) is 0.988. The van der Waals surface area contributed by atoms with Gasteiger partial charge < -0.3 is 5.32 Å². The molecule has 3 heteroatoms. The second kappa shape index (κ2) is 4.79. The maximum absolute atomic E-state index is 8.72. The van der Waals surface area contributed by atoms with Crippen molar-refractivity contribution in [2.75, 3.05) is 11.9 Å². The molecule has 0 atom stereocenters. The summed E-state index contributed by atoms with van der Waals surface area (Å²) in [7, 11) is 0. The van der Waals surface area contributed by atoms with Crippen LogP contribution in [0.2, 0.25) is 0 Å². The standard InChI is InChI=1S/C10H9N3/c11-6-3-7-13-10-5-2-1-4-9(10)8-12/h1-2,4-5,13H,3,7H2. The lowest BCUT2D eigenvalue weighted by molar-refractivity contribution is 1.07. The van der Waals surface area contributed by atoms with E-state index in [1.54, 1.807) is 6.07 Å². The molecule has 0 aliphatic heterocycles. The van der Waals surface area contributed by atoms with Gasteiger partial charge in [-0.15, -0.1) is 0 Å². The van der Waals surface area contributed by atoms with Crippen molar-refractivity contribution in [3.63, 3.8) is 0 Å². The normalized spacial score (nSPS) is 8.46. The van der Waals surface area contributed by atoms with E-state index < -0.39 is 0 Å². The van der Waals surface area contributed by atoms with Crippen LogP contribution >= 0.6 is 0 Å². The largest absolute Gasteiger partial charge is 0.383 e. The third kappa shape index (κ3) is 2.50. The third-order valence-electron chi connectivity index (χ3n) is 1.60. The Morgan fingerprint density at radius 3 is 2.69 bits per heavy atom. The van der Waals surface area contributed by atoms with Crippen molar-refractivity contribution in [3.8, 4) is 12.1 Å². The van der Waals surface area contributed by atoms with Crippen LogP contribution in [0.15, 0.2) is 24.3 Å². The number of anilines is 1. The van der Waals surface area contributed by atoms with Crippen LogP contribution in [0.1, 0.15) is 12.0 Å². The number of benzene rings is 1. The molecule has 3 nitrogen and oxygen atoms in total. The Hall–Kier alpha value is -2.00. The lowest BCUT2D eigenvalue weighted by Crippen LogP contribution is -2.01. The van der Waals surface area contributed by atoms with Crippen LogP contribution in [0.25, 0.3) is 0 Å². The van der Waals surface area contributed by atoms with E-state index in [-0.39, 0.29) is 0 Å². The second-order valence-corrected chi connectivity index (χ2v) is 2.49. The zero-order valence-corrected chi connectivity index (χ0v) is 7.12. The van der Waals surface area contributed by atoms with Gasteiger partial charge in [0.2, 0.25) is 0 Å². The summed E-state index contributed by atoms with van der Waals surface area (Å²) in [6, 6.07) is 11.4. The fraction of sp³-hybridized carbons (Fsp3) is 0.200. The van der Waals surface area contributed by atoms with E-state index in [0.717, 1.165) is 5.69 Å². The second-order valence-electron chi connectivity index (χ2n) is 2.49. The van der Waals surface area contributed by atoms with Gasteiger partial charge in [-0.1, -0.05) is 12.1 Å². The molecule has 0 amide bonds. The maximum Gasteiger partial charge on any atom is 0.101 e. The minimum absolute atomic E-state index is 0.444. The Kier molecular flexibility index (Phi) is 3.35. The van der Waals surface area contributed by atoms with Gasteiger partial charge in [-0.2, -0.15) is 10.5 Å². The predicted molar refractivity (Wildman–Crippen MR) is 49.9 cm³/mol. The SMILES string of the molecule is N#CCCNc1ccccc1C#N. The number of nitrogens with one attached hydrogen (secondary N) is 1. The van der Waals surface area contributed by atoms with Gasteiger partial charge in [-0.25, -0.2) is 0 Å². The molecule has 0 saturated carbocycles. The molecule has 0 saturated heterocycles. The zero-order chi connectivity index (χ0) is 9.52. The smallest absolute Gasteiger partial charge is 0.101 e. The highest BCUT2D eigenvalue weighted by Gasteiger charge is 1.97. The van der Waals surface area contributed by atoms with E-state index in [9.17, 15) is 0 Å². The summed E-state index contributed by atoms with van der Waals surface area (Å²) >= 11 is 0. The Bertz CT molecular complexity index is 357. The van der Waals surface area contributed by atoms with Gasteiger partial charge in [-0.3, -0.25) is 0 Å². The topological polar surface area (TPSA) is 59.6 Å².